The largest absolute Gasteiger partial charge is 0.379 e. The number of aromatic nitrogens is 2. The lowest BCUT2D eigenvalue weighted by Gasteiger charge is -2.11. The molecule has 1 aromatic heterocycles. The van der Waals surface area contributed by atoms with E-state index in [0.29, 0.717) is 6.04 Å². The maximum atomic E-state index is 5.51. The van der Waals surface area contributed by atoms with Crippen molar-refractivity contribution in [3.63, 3.8) is 0 Å². The Labute approximate surface area is 90.4 Å². The van der Waals surface area contributed by atoms with E-state index in [2.05, 4.69) is 16.7 Å². The molecule has 0 bridgehead atoms. The van der Waals surface area contributed by atoms with Crippen molar-refractivity contribution in [3.8, 4) is 0 Å². The lowest BCUT2D eigenvalue weighted by atomic mass is 10.1. The predicted molar refractivity (Wildman–Crippen MR) is 58.8 cm³/mol. The molecule has 1 unspecified atom stereocenters. The summed E-state index contributed by atoms with van der Waals surface area (Å²) < 4.78 is 7.49. The van der Waals surface area contributed by atoms with Crippen LogP contribution in [0.15, 0.2) is 6.20 Å². The molecule has 2 heterocycles. The van der Waals surface area contributed by atoms with Crippen molar-refractivity contribution >= 4 is 0 Å². The Bertz CT molecular complexity index is 316. The van der Waals surface area contributed by atoms with Crippen molar-refractivity contribution in [1.29, 1.82) is 0 Å². The molecule has 0 radical (unpaired) electrons. The van der Waals surface area contributed by atoms with E-state index in [-0.39, 0.29) is 0 Å². The fourth-order valence-corrected chi connectivity index (χ4v) is 2.08. The summed E-state index contributed by atoms with van der Waals surface area (Å²) >= 11 is 0. The maximum absolute atomic E-state index is 5.51. The summed E-state index contributed by atoms with van der Waals surface area (Å²) in [6, 6.07) is 0.441. The Morgan fingerprint density at radius 1 is 1.67 bits per heavy atom. The summed E-state index contributed by atoms with van der Waals surface area (Å²) in [5.41, 5.74) is 8.11. The van der Waals surface area contributed by atoms with Gasteiger partial charge in [-0.2, -0.15) is 5.10 Å². The van der Waals surface area contributed by atoms with Crippen LogP contribution in [0.5, 0.6) is 0 Å². The zero-order valence-corrected chi connectivity index (χ0v) is 9.28. The van der Waals surface area contributed by atoms with Crippen LogP contribution in [0.1, 0.15) is 30.1 Å². The van der Waals surface area contributed by atoms with Crippen molar-refractivity contribution in [3.05, 3.63) is 17.5 Å². The molecule has 84 valence electrons. The van der Waals surface area contributed by atoms with Crippen LogP contribution in [-0.2, 0) is 11.2 Å². The standard InChI is InChI=1S/C11H19N3O/c1-9-10(3-2-5-12)7-13-14(9)11-4-6-15-8-11/h7,11H,2-6,8,12H2,1H3. The summed E-state index contributed by atoms with van der Waals surface area (Å²) in [6.45, 7) is 4.55. The smallest absolute Gasteiger partial charge is 0.0777 e. The molecule has 0 aliphatic carbocycles. The van der Waals surface area contributed by atoms with Gasteiger partial charge in [0.25, 0.3) is 0 Å². The molecule has 1 aromatic rings. The van der Waals surface area contributed by atoms with Gasteiger partial charge < -0.3 is 10.5 Å². The summed E-state index contributed by atoms with van der Waals surface area (Å²) in [4.78, 5) is 0. The summed E-state index contributed by atoms with van der Waals surface area (Å²) in [5, 5.41) is 4.45. The van der Waals surface area contributed by atoms with Crippen LogP contribution in [0.4, 0.5) is 0 Å². The molecular formula is C11H19N3O. The van der Waals surface area contributed by atoms with E-state index in [1.165, 1.54) is 11.3 Å². The minimum atomic E-state index is 0.441. The molecule has 0 spiro atoms. The molecular weight excluding hydrogens is 190 g/mol. The first-order valence-electron chi connectivity index (χ1n) is 5.63. The van der Waals surface area contributed by atoms with Crippen LogP contribution in [0.3, 0.4) is 0 Å². The predicted octanol–water partition coefficient (Wildman–Crippen LogP) is 1.04. The first-order chi connectivity index (χ1) is 7.33. The molecule has 1 atom stereocenters. The Morgan fingerprint density at radius 2 is 2.53 bits per heavy atom. The Hall–Kier alpha value is -0.870. The normalized spacial score (nSPS) is 21.1. The van der Waals surface area contributed by atoms with Crippen LogP contribution >= 0.6 is 0 Å². The average Bonchev–Trinajstić information content (AvgIpc) is 2.84. The minimum absolute atomic E-state index is 0.441. The van der Waals surface area contributed by atoms with E-state index in [9.17, 15) is 0 Å². The highest BCUT2D eigenvalue weighted by Crippen LogP contribution is 2.21. The van der Waals surface area contributed by atoms with E-state index in [4.69, 9.17) is 10.5 Å². The van der Waals surface area contributed by atoms with Gasteiger partial charge >= 0.3 is 0 Å². The molecule has 4 nitrogen and oxygen atoms in total. The quantitative estimate of drug-likeness (QED) is 0.806. The second kappa shape index (κ2) is 4.77. The van der Waals surface area contributed by atoms with Crippen LogP contribution in [0.2, 0.25) is 0 Å². The number of nitrogens with two attached hydrogens (primary N) is 1. The van der Waals surface area contributed by atoms with E-state index in [0.717, 1.165) is 39.0 Å². The van der Waals surface area contributed by atoms with E-state index >= 15 is 0 Å². The zero-order valence-electron chi connectivity index (χ0n) is 9.28. The molecule has 1 aliphatic heterocycles. The molecule has 2 rings (SSSR count). The van der Waals surface area contributed by atoms with Gasteiger partial charge in [-0.1, -0.05) is 0 Å². The minimum Gasteiger partial charge on any atom is -0.379 e. The molecule has 1 saturated heterocycles. The second-order valence-corrected chi connectivity index (χ2v) is 4.11. The number of ether oxygens (including phenoxy) is 1. The Balaban J connectivity index is 2.08. The van der Waals surface area contributed by atoms with Gasteiger partial charge in [0.2, 0.25) is 0 Å². The van der Waals surface area contributed by atoms with Crippen LogP contribution in [0, 0.1) is 6.92 Å². The number of hydrogen-bond acceptors (Lipinski definition) is 3. The molecule has 1 fully saturated rings. The molecule has 0 amide bonds. The average molecular weight is 209 g/mol. The topological polar surface area (TPSA) is 53.1 Å². The highest BCUT2D eigenvalue weighted by atomic mass is 16.5. The number of nitrogens with zero attached hydrogens (tertiary/aromatic N) is 2. The third kappa shape index (κ3) is 2.21. The Morgan fingerprint density at radius 3 is 3.20 bits per heavy atom. The van der Waals surface area contributed by atoms with Gasteiger partial charge in [-0.05, 0) is 38.3 Å². The second-order valence-electron chi connectivity index (χ2n) is 4.11. The van der Waals surface area contributed by atoms with Gasteiger partial charge in [-0.15, -0.1) is 0 Å². The number of aryl methyl sites for hydroxylation is 1. The third-order valence-corrected chi connectivity index (χ3v) is 3.05. The Kier molecular flexibility index (Phi) is 3.38. The first-order valence-corrected chi connectivity index (χ1v) is 5.63. The van der Waals surface area contributed by atoms with Gasteiger partial charge in [0.1, 0.15) is 0 Å². The summed E-state index contributed by atoms with van der Waals surface area (Å²) in [6.07, 6.45) is 5.13. The fourth-order valence-electron chi connectivity index (χ4n) is 2.08. The summed E-state index contributed by atoms with van der Waals surface area (Å²) in [5.74, 6) is 0. The first kappa shape index (κ1) is 10.6. The van der Waals surface area contributed by atoms with Gasteiger partial charge in [0.15, 0.2) is 0 Å². The van der Waals surface area contributed by atoms with Crippen LogP contribution in [0.25, 0.3) is 0 Å². The van der Waals surface area contributed by atoms with Crippen LogP contribution < -0.4 is 5.73 Å². The molecule has 4 heteroatoms. The molecule has 0 saturated carbocycles. The molecule has 1 aliphatic rings. The lowest BCUT2D eigenvalue weighted by molar-refractivity contribution is 0.184. The molecule has 0 aromatic carbocycles. The van der Waals surface area contributed by atoms with Gasteiger partial charge in [-0.25, -0.2) is 0 Å². The fraction of sp³-hybridized carbons (Fsp3) is 0.727. The van der Waals surface area contributed by atoms with E-state index in [1.54, 1.807) is 0 Å². The highest BCUT2D eigenvalue weighted by molar-refractivity contribution is 5.17. The van der Waals surface area contributed by atoms with Crippen LogP contribution in [-0.4, -0.2) is 29.5 Å². The van der Waals surface area contributed by atoms with Gasteiger partial charge in [0, 0.05) is 12.3 Å². The monoisotopic (exact) mass is 209 g/mol. The molecule has 15 heavy (non-hydrogen) atoms. The molecule has 2 N–H and O–H groups in total. The van der Waals surface area contributed by atoms with E-state index in [1.807, 2.05) is 6.20 Å². The maximum Gasteiger partial charge on any atom is 0.0777 e. The van der Waals surface area contributed by atoms with Crippen molar-refractivity contribution in [1.82, 2.24) is 9.78 Å². The van der Waals surface area contributed by atoms with Crippen molar-refractivity contribution in [2.75, 3.05) is 19.8 Å². The zero-order chi connectivity index (χ0) is 10.7. The van der Waals surface area contributed by atoms with Crippen molar-refractivity contribution in [2.24, 2.45) is 5.73 Å². The number of rotatable bonds is 4. The van der Waals surface area contributed by atoms with Gasteiger partial charge in [-0.3, -0.25) is 4.68 Å². The SMILES string of the molecule is Cc1c(CCCN)cnn1C1CCOC1. The van der Waals surface area contributed by atoms with Gasteiger partial charge in [0.05, 0.1) is 18.8 Å². The summed E-state index contributed by atoms with van der Waals surface area (Å²) in [7, 11) is 0. The highest BCUT2D eigenvalue weighted by Gasteiger charge is 2.20. The third-order valence-electron chi connectivity index (χ3n) is 3.05. The van der Waals surface area contributed by atoms with Crippen molar-refractivity contribution in [2.45, 2.75) is 32.2 Å². The van der Waals surface area contributed by atoms with Crippen molar-refractivity contribution < 1.29 is 4.74 Å². The lowest BCUT2D eigenvalue weighted by Crippen LogP contribution is -2.12. The van der Waals surface area contributed by atoms with E-state index < -0.39 is 0 Å². The number of hydrogen-bond donors (Lipinski definition) is 1.